The fourth-order valence-electron chi connectivity index (χ4n) is 3.01. The standard InChI is InChI=1S/C13H22N2O3/c1-9(16)15(10-6-7-10)12-5-3-2-4-11(12)14-8-13(17)18/h10-12,14H,2-8H2,1H3,(H,17,18)/t11-,12-/m1/s1. The molecule has 0 heterocycles. The number of nitrogens with zero attached hydrogens (tertiary/aromatic N) is 1. The number of nitrogens with one attached hydrogen (secondary N) is 1. The van der Waals surface area contributed by atoms with Gasteiger partial charge in [-0.2, -0.15) is 0 Å². The number of hydrogen-bond acceptors (Lipinski definition) is 3. The summed E-state index contributed by atoms with van der Waals surface area (Å²) in [6.45, 7) is 1.61. The first-order chi connectivity index (χ1) is 8.59. The molecule has 2 aliphatic carbocycles. The zero-order valence-corrected chi connectivity index (χ0v) is 10.9. The van der Waals surface area contributed by atoms with Crippen LogP contribution in [0, 0.1) is 0 Å². The average Bonchev–Trinajstić information content (AvgIpc) is 3.12. The summed E-state index contributed by atoms with van der Waals surface area (Å²) >= 11 is 0. The number of rotatable bonds is 5. The van der Waals surface area contributed by atoms with Crippen molar-refractivity contribution >= 4 is 11.9 Å². The Morgan fingerprint density at radius 3 is 2.44 bits per heavy atom. The minimum absolute atomic E-state index is 0.0163. The molecule has 2 saturated carbocycles. The van der Waals surface area contributed by atoms with Crippen LogP contribution in [0.5, 0.6) is 0 Å². The predicted molar refractivity (Wildman–Crippen MR) is 67.2 cm³/mol. The van der Waals surface area contributed by atoms with Crippen LogP contribution < -0.4 is 5.32 Å². The van der Waals surface area contributed by atoms with Crippen molar-refractivity contribution in [1.29, 1.82) is 0 Å². The first kappa shape index (κ1) is 13.3. The summed E-state index contributed by atoms with van der Waals surface area (Å²) in [6, 6.07) is 0.724. The minimum atomic E-state index is -0.833. The van der Waals surface area contributed by atoms with Crippen molar-refractivity contribution in [2.45, 2.75) is 63.6 Å². The maximum absolute atomic E-state index is 11.8. The number of carboxylic acid groups (broad SMARTS) is 1. The monoisotopic (exact) mass is 254 g/mol. The van der Waals surface area contributed by atoms with Crippen LogP contribution in [0.1, 0.15) is 45.4 Å². The van der Waals surface area contributed by atoms with Gasteiger partial charge in [0.1, 0.15) is 0 Å². The van der Waals surface area contributed by atoms with Crippen LogP contribution in [0.2, 0.25) is 0 Å². The van der Waals surface area contributed by atoms with Gasteiger partial charge in [0.05, 0.1) is 6.54 Å². The molecule has 0 aromatic carbocycles. The van der Waals surface area contributed by atoms with Crippen molar-refractivity contribution in [2.24, 2.45) is 0 Å². The molecule has 0 aromatic heterocycles. The second-order valence-electron chi connectivity index (χ2n) is 5.39. The van der Waals surface area contributed by atoms with E-state index in [-0.39, 0.29) is 24.5 Å². The van der Waals surface area contributed by atoms with Crippen LogP contribution in [0.4, 0.5) is 0 Å². The van der Waals surface area contributed by atoms with E-state index < -0.39 is 5.97 Å². The van der Waals surface area contributed by atoms with Gasteiger partial charge in [-0.1, -0.05) is 12.8 Å². The number of carbonyl (C=O) groups excluding carboxylic acids is 1. The molecular weight excluding hydrogens is 232 g/mol. The molecule has 2 rings (SSSR count). The molecule has 2 atom stereocenters. The summed E-state index contributed by atoms with van der Waals surface area (Å²) in [6.07, 6.45) is 6.40. The maximum atomic E-state index is 11.8. The van der Waals surface area contributed by atoms with Crippen molar-refractivity contribution in [3.05, 3.63) is 0 Å². The smallest absolute Gasteiger partial charge is 0.317 e. The quantitative estimate of drug-likeness (QED) is 0.767. The van der Waals surface area contributed by atoms with Crippen molar-refractivity contribution in [1.82, 2.24) is 10.2 Å². The third kappa shape index (κ3) is 3.22. The molecule has 0 saturated heterocycles. The van der Waals surface area contributed by atoms with Crippen molar-refractivity contribution in [3.63, 3.8) is 0 Å². The van der Waals surface area contributed by atoms with Crippen LogP contribution >= 0.6 is 0 Å². The average molecular weight is 254 g/mol. The lowest BCUT2D eigenvalue weighted by Crippen LogP contribution is -2.54. The van der Waals surface area contributed by atoms with E-state index in [1.165, 1.54) is 0 Å². The van der Waals surface area contributed by atoms with E-state index in [9.17, 15) is 9.59 Å². The summed E-state index contributed by atoms with van der Waals surface area (Å²) < 4.78 is 0. The molecule has 5 heteroatoms. The molecular formula is C13H22N2O3. The van der Waals surface area contributed by atoms with Crippen LogP contribution in [0.15, 0.2) is 0 Å². The lowest BCUT2D eigenvalue weighted by Gasteiger charge is -2.40. The molecule has 2 N–H and O–H groups in total. The van der Waals surface area contributed by atoms with E-state index in [1.54, 1.807) is 6.92 Å². The molecule has 0 radical (unpaired) electrons. The highest BCUT2D eigenvalue weighted by atomic mass is 16.4. The number of amides is 1. The molecule has 0 aromatic rings. The summed E-state index contributed by atoms with van der Waals surface area (Å²) in [5.41, 5.74) is 0. The number of carbonyl (C=O) groups is 2. The van der Waals surface area contributed by atoms with Gasteiger partial charge in [-0.15, -0.1) is 0 Å². The first-order valence-corrected chi connectivity index (χ1v) is 6.83. The molecule has 2 aliphatic rings. The van der Waals surface area contributed by atoms with Gasteiger partial charge in [-0.25, -0.2) is 0 Å². The van der Waals surface area contributed by atoms with E-state index >= 15 is 0 Å². The van der Waals surface area contributed by atoms with Crippen LogP contribution in [0.25, 0.3) is 0 Å². The van der Waals surface area contributed by atoms with E-state index in [1.807, 2.05) is 4.90 Å². The summed E-state index contributed by atoms with van der Waals surface area (Å²) in [5.74, 6) is -0.702. The second-order valence-corrected chi connectivity index (χ2v) is 5.39. The largest absolute Gasteiger partial charge is 0.480 e. The first-order valence-electron chi connectivity index (χ1n) is 6.83. The van der Waals surface area contributed by atoms with Gasteiger partial charge in [0, 0.05) is 25.0 Å². The van der Waals surface area contributed by atoms with Gasteiger partial charge >= 0.3 is 5.97 Å². The normalized spacial score (nSPS) is 27.8. The van der Waals surface area contributed by atoms with Crippen molar-refractivity contribution in [3.8, 4) is 0 Å². The molecule has 1 amide bonds. The Kier molecular flexibility index (Phi) is 4.22. The van der Waals surface area contributed by atoms with Gasteiger partial charge in [0.15, 0.2) is 0 Å². The summed E-state index contributed by atoms with van der Waals surface area (Å²) in [7, 11) is 0. The van der Waals surface area contributed by atoms with Crippen LogP contribution in [-0.2, 0) is 9.59 Å². The second kappa shape index (κ2) is 5.69. The Labute approximate surface area is 108 Å². The third-order valence-electron chi connectivity index (χ3n) is 3.91. The van der Waals surface area contributed by atoms with E-state index in [2.05, 4.69) is 5.32 Å². The molecule has 18 heavy (non-hydrogen) atoms. The summed E-state index contributed by atoms with van der Waals surface area (Å²) in [4.78, 5) is 24.4. The van der Waals surface area contributed by atoms with Gasteiger partial charge in [-0.05, 0) is 25.7 Å². The van der Waals surface area contributed by atoms with Crippen LogP contribution in [-0.4, -0.2) is 46.6 Å². The lowest BCUT2D eigenvalue weighted by molar-refractivity contribution is -0.136. The number of hydrogen-bond donors (Lipinski definition) is 2. The highest BCUT2D eigenvalue weighted by molar-refractivity contribution is 5.74. The van der Waals surface area contributed by atoms with Crippen molar-refractivity contribution < 1.29 is 14.7 Å². The topological polar surface area (TPSA) is 69.6 Å². The van der Waals surface area contributed by atoms with Gasteiger partial charge in [0.2, 0.25) is 5.91 Å². The van der Waals surface area contributed by atoms with Gasteiger partial charge in [0.25, 0.3) is 0 Å². The maximum Gasteiger partial charge on any atom is 0.317 e. The highest BCUT2D eigenvalue weighted by Crippen LogP contribution is 2.33. The zero-order chi connectivity index (χ0) is 13.1. The third-order valence-corrected chi connectivity index (χ3v) is 3.91. The highest BCUT2D eigenvalue weighted by Gasteiger charge is 2.39. The Morgan fingerprint density at radius 2 is 1.89 bits per heavy atom. The van der Waals surface area contributed by atoms with E-state index in [0.29, 0.717) is 6.04 Å². The molecule has 0 aliphatic heterocycles. The Morgan fingerprint density at radius 1 is 1.22 bits per heavy atom. The fourth-order valence-corrected chi connectivity index (χ4v) is 3.01. The molecule has 0 unspecified atom stereocenters. The Bertz CT molecular complexity index is 328. The lowest BCUT2D eigenvalue weighted by atomic mass is 9.88. The molecule has 5 nitrogen and oxygen atoms in total. The molecule has 102 valence electrons. The van der Waals surface area contributed by atoms with E-state index in [4.69, 9.17) is 5.11 Å². The molecule has 0 spiro atoms. The van der Waals surface area contributed by atoms with Crippen molar-refractivity contribution in [2.75, 3.05) is 6.54 Å². The SMILES string of the molecule is CC(=O)N(C1CC1)[C@@H]1CCCC[C@H]1NCC(=O)O. The van der Waals surface area contributed by atoms with E-state index in [0.717, 1.165) is 38.5 Å². The molecule has 2 fully saturated rings. The predicted octanol–water partition coefficient (Wildman–Crippen LogP) is 0.983. The fraction of sp³-hybridized carbons (Fsp3) is 0.846. The Hall–Kier alpha value is -1.10. The minimum Gasteiger partial charge on any atom is -0.480 e. The zero-order valence-electron chi connectivity index (χ0n) is 10.9. The van der Waals surface area contributed by atoms with Gasteiger partial charge in [-0.3, -0.25) is 9.59 Å². The number of carboxylic acids is 1. The van der Waals surface area contributed by atoms with Gasteiger partial charge < -0.3 is 15.3 Å². The van der Waals surface area contributed by atoms with Crippen LogP contribution in [0.3, 0.4) is 0 Å². The molecule has 0 bridgehead atoms. The summed E-state index contributed by atoms with van der Waals surface area (Å²) in [5, 5.41) is 11.9. The number of aliphatic carboxylic acids is 1. The Balaban J connectivity index is 2.01.